The summed E-state index contributed by atoms with van der Waals surface area (Å²) in [6.07, 6.45) is 0.765. The van der Waals surface area contributed by atoms with Crippen LogP contribution in [0.1, 0.15) is 39.5 Å². The Labute approximate surface area is 226 Å². The summed E-state index contributed by atoms with van der Waals surface area (Å²) in [5, 5.41) is 11.7. The van der Waals surface area contributed by atoms with Gasteiger partial charge in [-0.25, -0.2) is 0 Å². The van der Waals surface area contributed by atoms with E-state index in [0.29, 0.717) is 41.6 Å². The maximum atomic E-state index is 11.7. The summed E-state index contributed by atoms with van der Waals surface area (Å²) >= 11 is 0. The number of benzene rings is 4. The average molecular weight is 528 g/mol. The second-order valence-corrected chi connectivity index (χ2v) is 8.77. The van der Waals surface area contributed by atoms with Gasteiger partial charge in [-0.2, -0.15) is 0 Å². The first-order valence-corrected chi connectivity index (χ1v) is 12.5. The van der Waals surface area contributed by atoms with Crippen molar-refractivity contribution in [1.82, 2.24) is 0 Å². The number of carbonyl (C=O) groups is 1. The highest BCUT2D eigenvalue weighted by molar-refractivity contribution is 5.76. The van der Waals surface area contributed by atoms with Crippen LogP contribution in [0.15, 0.2) is 84.9 Å². The largest absolute Gasteiger partial charge is 0.490 e. The Morgan fingerprint density at radius 2 is 1.31 bits per heavy atom. The van der Waals surface area contributed by atoms with Crippen LogP contribution in [0.2, 0.25) is 0 Å². The molecule has 4 aromatic carbocycles. The molecule has 0 spiro atoms. The van der Waals surface area contributed by atoms with Crippen molar-refractivity contribution in [3.63, 3.8) is 0 Å². The zero-order valence-electron chi connectivity index (χ0n) is 21.8. The van der Waals surface area contributed by atoms with Crippen LogP contribution in [0.5, 0.6) is 23.0 Å². The number of hydrogen-bond donors (Lipinski definition) is 0. The van der Waals surface area contributed by atoms with E-state index in [4.69, 9.17) is 18.9 Å². The van der Waals surface area contributed by atoms with Crippen molar-refractivity contribution in [2.45, 2.75) is 33.7 Å². The quantitative estimate of drug-likeness (QED) is 0.107. The molecule has 0 saturated carbocycles. The molecule has 0 aliphatic carbocycles. The normalized spacial score (nSPS) is 10.5. The summed E-state index contributed by atoms with van der Waals surface area (Å²) < 4.78 is 23.2. The number of nitro benzene ring substituents is 1. The SMILES string of the molecule is CCOc1cc(C=O)ccc1OCc1ccc(OCc2ccc(OCc3ccccc3)c([N+](=O)[O-])c2)c(C)c1. The Morgan fingerprint density at radius 3 is 1.97 bits per heavy atom. The Hall–Kier alpha value is -4.85. The van der Waals surface area contributed by atoms with Crippen molar-refractivity contribution in [3.05, 3.63) is 123 Å². The van der Waals surface area contributed by atoms with Crippen LogP contribution in [0.3, 0.4) is 0 Å². The van der Waals surface area contributed by atoms with Crippen LogP contribution in [-0.2, 0) is 19.8 Å². The summed E-state index contributed by atoms with van der Waals surface area (Å²) in [6.45, 7) is 4.95. The van der Waals surface area contributed by atoms with Crippen molar-refractivity contribution in [1.29, 1.82) is 0 Å². The first kappa shape index (κ1) is 27.2. The fraction of sp³-hybridized carbons (Fsp3) is 0.194. The van der Waals surface area contributed by atoms with E-state index in [2.05, 4.69) is 0 Å². The number of aldehydes is 1. The lowest BCUT2D eigenvalue weighted by molar-refractivity contribution is -0.386. The zero-order valence-corrected chi connectivity index (χ0v) is 21.8. The average Bonchev–Trinajstić information content (AvgIpc) is 2.95. The van der Waals surface area contributed by atoms with Crippen molar-refractivity contribution in [3.8, 4) is 23.0 Å². The molecule has 0 aliphatic rings. The van der Waals surface area contributed by atoms with Gasteiger partial charge in [0.2, 0.25) is 0 Å². The van der Waals surface area contributed by atoms with Gasteiger partial charge in [0.15, 0.2) is 17.2 Å². The lowest BCUT2D eigenvalue weighted by atomic mass is 10.1. The summed E-state index contributed by atoms with van der Waals surface area (Å²) in [7, 11) is 0. The molecule has 0 N–H and O–H groups in total. The van der Waals surface area contributed by atoms with E-state index in [9.17, 15) is 14.9 Å². The maximum Gasteiger partial charge on any atom is 0.311 e. The molecule has 0 amide bonds. The molecule has 4 aromatic rings. The van der Waals surface area contributed by atoms with Crippen LogP contribution in [0.25, 0.3) is 0 Å². The zero-order chi connectivity index (χ0) is 27.6. The van der Waals surface area contributed by atoms with Gasteiger partial charge in [0, 0.05) is 11.6 Å². The Bertz CT molecular complexity index is 1440. The molecular formula is C31H29NO7. The summed E-state index contributed by atoms with van der Waals surface area (Å²) in [4.78, 5) is 22.3. The second-order valence-electron chi connectivity index (χ2n) is 8.77. The van der Waals surface area contributed by atoms with E-state index in [1.165, 1.54) is 6.07 Å². The topological polar surface area (TPSA) is 97.1 Å². The molecule has 0 radical (unpaired) electrons. The maximum absolute atomic E-state index is 11.7. The molecule has 0 bridgehead atoms. The van der Waals surface area contributed by atoms with Crippen LogP contribution in [0.4, 0.5) is 5.69 Å². The molecular weight excluding hydrogens is 498 g/mol. The Kier molecular flexibility index (Phi) is 9.13. The van der Waals surface area contributed by atoms with E-state index in [1.54, 1.807) is 30.3 Å². The molecule has 0 heterocycles. The van der Waals surface area contributed by atoms with E-state index in [1.807, 2.05) is 62.4 Å². The minimum absolute atomic E-state index is 0.108. The Morgan fingerprint density at radius 1 is 0.692 bits per heavy atom. The van der Waals surface area contributed by atoms with Gasteiger partial charge in [0.1, 0.15) is 31.9 Å². The molecule has 0 saturated heterocycles. The molecule has 8 heteroatoms. The minimum Gasteiger partial charge on any atom is -0.490 e. The predicted octanol–water partition coefficient (Wildman–Crippen LogP) is 6.85. The van der Waals surface area contributed by atoms with Crippen molar-refractivity contribution < 1.29 is 28.7 Å². The first-order valence-electron chi connectivity index (χ1n) is 12.5. The van der Waals surface area contributed by atoms with E-state index < -0.39 is 4.92 Å². The monoisotopic (exact) mass is 527 g/mol. The summed E-state index contributed by atoms with van der Waals surface area (Å²) in [5.41, 5.74) is 3.82. The number of hydrogen-bond acceptors (Lipinski definition) is 7. The van der Waals surface area contributed by atoms with Crippen LogP contribution < -0.4 is 18.9 Å². The predicted molar refractivity (Wildman–Crippen MR) is 147 cm³/mol. The first-order chi connectivity index (χ1) is 19.0. The lowest BCUT2D eigenvalue weighted by Crippen LogP contribution is -2.03. The van der Waals surface area contributed by atoms with Crippen molar-refractivity contribution in [2.75, 3.05) is 6.61 Å². The third-order valence-corrected chi connectivity index (χ3v) is 5.89. The van der Waals surface area contributed by atoms with Crippen molar-refractivity contribution in [2.24, 2.45) is 0 Å². The van der Waals surface area contributed by atoms with Crippen LogP contribution >= 0.6 is 0 Å². The standard InChI is InChI=1S/C31H29NO7/c1-3-36-31-17-24(18-33)9-14-30(31)39-20-25-10-12-28(22(2)15-25)37-21-26-11-13-29(27(16-26)32(34)35)38-19-23-7-5-4-6-8-23/h4-18H,3,19-21H2,1-2H3. The highest BCUT2D eigenvalue weighted by Gasteiger charge is 2.17. The number of carbonyl (C=O) groups excluding carboxylic acids is 1. The molecule has 0 aliphatic heterocycles. The van der Waals surface area contributed by atoms with Crippen LogP contribution in [0, 0.1) is 17.0 Å². The number of rotatable bonds is 13. The van der Waals surface area contributed by atoms with E-state index in [-0.39, 0.29) is 24.7 Å². The number of nitrogens with zero attached hydrogens (tertiary/aromatic N) is 1. The fourth-order valence-electron chi connectivity index (χ4n) is 3.92. The minimum atomic E-state index is -0.451. The molecule has 0 atom stereocenters. The molecule has 8 nitrogen and oxygen atoms in total. The third kappa shape index (κ3) is 7.35. The van der Waals surface area contributed by atoms with Gasteiger partial charge in [-0.05, 0) is 72.5 Å². The lowest BCUT2D eigenvalue weighted by Gasteiger charge is -2.14. The second kappa shape index (κ2) is 13.1. The van der Waals surface area contributed by atoms with Crippen LogP contribution in [-0.4, -0.2) is 17.8 Å². The molecule has 0 aromatic heterocycles. The number of ether oxygens (including phenoxy) is 4. The highest BCUT2D eigenvalue weighted by atomic mass is 16.6. The molecule has 0 fully saturated rings. The molecule has 39 heavy (non-hydrogen) atoms. The molecule has 0 unspecified atom stereocenters. The van der Waals surface area contributed by atoms with Gasteiger partial charge < -0.3 is 18.9 Å². The molecule has 4 rings (SSSR count). The molecule has 200 valence electrons. The van der Waals surface area contributed by atoms with Gasteiger partial charge in [0.25, 0.3) is 0 Å². The highest BCUT2D eigenvalue weighted by Crippen LogP contribution is 2.31. The Balaban J connectivity index is 1.38. The van der Waals surface area contributed by atoms with Gasteiger partial charge in [-0.1, -0.05) is 42.5 Å². The van der Waals surface area contributed by atoms with E-state index in [0.717, 1.165) is 23.0 Å². The van der Waals surface area contributed by atoms with Crippen molar-refractivity contribution >= 4 is 12.0 Å². The smallest absolute Gasteiger partial charge is 0.311 e. The number of aryl methyl sites for hydroxylation is 1. The van der Waals surface area contributed by atoms with Gasteiger partial charge in [-0.15, -0.1) is 0 Å². The van der Waals surface area contributed by atoms with E-state index >= 15 is 0 Å². The van der Waals surface area contributed by atoms with Gasteiger partial charge in [-0.3, -0.25) is 14.9 Å². The third-order valence-electron chi connectivity index (χ3n) is 5.89. The summed E-state index contributed by atoms with van der Waals surface area (Å²) in [5.74, 6) is 1.94. The summed E-state index contributed by atoms with van der Waals surface area (Å²) in [6, 6.07) is 25.1. The fourth-order valence-corrected chi connectivity index (χ4v) is 3.92. The number of nitro groups is 1. The van der Waals surface area contributed by atoms with Gasteiger partial charge >= 0.3 is 5.69 Å². The van der Waals surface area contributed by atoms with Gasteiger partial charge in [0.05, 0.1) is 11.5 Å².